The molecule has 0 nitrogen and oxygen atoms in total. The Hall–Kier alpha value is -2.56. The van der Waals surface area contributed by atoms with Crippen molar-refractivity contribution in [3.8, 4) is 0 Å². The maximum absolute atomic E-state index is 3.64. The quantitative estimate of drug-likeness (QED) is 0.369. The summed E-state index contributed by atoms with van der Waals surface area (Å²) in [6.07, 6.45) is 2.20. The summed E-state index contributed by atoms with van der Waals surface area (Å²) >= 11 is 0. The van der Waals surface area contributed by atoms with Gasteiger partial charge in [0.1, 0.15) is 0 Å². The van der Waals surface area contributed by atoms with Crippen LogP contribution in [0.15, 0.2) is 36.4 Å². The van der Waals surface area contributed by atoms with Crippen LogP contribution < -0.4 is 10.4 Å². The molecule has 0 heteroatoms. The molecule has 21 heavy (non-hydrogen) atoms. The summed E-state index contributed by atoms with van der Waals surface area (Å²) in [6.45, 7) is 0. The molecule has 0 aromatic heterocycles. The standard InChI is InChI=1S/C21H10/c1-2-11-8-13-5-6-15-9-14-4-3-12-7-10(1)16-17(11)19(13)21(15)20(14)18(12)16/h1-6H,7-8H2. The van der Waals surface area contributed by atoms with Gasteiger partial charge in [-0.3, -0.25) is 0 Å². The SMILES string of the molecule is C1=c2ccc3c4c5c(ccc6c5c5c(ccc=1c5c24)C6)C3. The topological polar surface area (TPSA) is 0 Å². The van der Waals surface area contributed by atoms with Gasteiger partial charge in [-0.15, -0.1) is 5.73 Å². The Balaban J connectivity index is 2.11. The third-order valence-corrected chi connectivity index (χ3v) is 5.74. The molecule has 0 spiro atoms. The van der Waals surface area contributed by atoms with Gasteiger partial charge in [-0.25, -0.2) is 0 Å². The fourth-order valence-electron chi connectivity index (χ4n) is 5.00. The highest BCUT2D eigenvalue weighted by molar-refractivity contribution is 6.31. The van der Waals surface area contributed by atoms with Crippen LogP contribution in [0.3, 0.4) is 0 Å². The smallest absolute Gasteiger partial charge is 0.0256 e. The summed E-state index contributed by atoms with van der Waals surface area (Å²) in [5.74, 6) is 0. The molecule has 0 aliphatic heterocycles. The second kappa shape index (κ2) is 2.62. The zero-order chi connectivity index (χ0) is 13.3. The second-order valence-corrected chi connectivity index (χ2v) is 6.66. The average Bonchev–Trinajstić information content (AvgIpc) is 3.14. The maximum atomic E-state index is 3.64. The van der Waals surface area contributed by atoms with E-state index in [1.165, 1.54) is 54.2 Å². The lowest BCUT2D eigenvalue weighted by molar-refractivity contribution is 1.24. The molecule has 0 N–H and O–H groups in total. The van der Waals surface area contributed by atoms with Gasteiger partial charge in [0.15, 0.2) is 0 Å². The van der Waals surface area contributed by atoms with E-state index >= 15 is 0 Å². The summed E-state index contributed by atoms with van der Waals surface area (Å²) in [5, 5.41) is 11.7. The summed E-state index contributed by atoms with van der Waals surface area (Å²) in [6, 6.07) is 13.9. The van der Waals surface area contributed by atoms with Crippen molar-refractivity contribution in [3.05, 3.63) is 69.1 Å². The Bertz CT molecular complexity index is 1240. The van der Waals surface area contributed by atoms with Crippen LogP contribution in [0, 0.1) is 0 Å². The third-order valence-electron chi connectivity index (χ3n) is 5.74. The Kier molecular flexibility index (Phi) is 1.17. The van der Waals surface area contributed by atoms with Crippen molar-refractivity contribution in [2.24, 2.45) is 0 Å². The van der Waals surface area contributed by atoms with Crippen LogP contribution in [0.4, 0.5) is 0 Å². The molecule has 0 saturated heterocycles. The number of rotatable bonds is 0. The predicted octanol–water partition coefficient (Wildman–Crippen LogP) is 3.02. The highest BCUT2D eigenvalue weighted by atomic mass is 14.3. The summed E-state index contributed by atoms with van der Waals surface area (Å²) < 4.78 is 0. The number of hydrogen-bond acceptors (Lipinski definition) is 0. The normalized spacial score (nSPS) is 15.2. The first-order valence-corrected chi connectivity index (χ1v) is 7.65. The van der Waals surface area contributed by atoms with Gasteiger partial charge >= 0.3 is 0 Å². The lowest BCUT2D eigenvalue weighted by Crippen LogP contribution is -1.99. The van der Waals surface area contributed by atoms with E-state index in [0.29, 0.717) is 0 Å². The van der Waals surface area contributed by atoms with Gasteiger partial charge in [-0.1, -0.05) is 24.3 Å². The second-order valence-electron chi connectivity index (χ2n) is 6.66. The van der Waals surface area contributed by atoms with E-state index < -0.39 is 0 Å². The monoisotopic (exact) mass is 262 g/mol. The van der Waals surface area contributed by atoms with Crippen molar-refractivity contribution in [2.75, 3.05) is 0 Å². The lowest BCUT2D eigenvalue weighted by atomic mass is 9.95. The predicted molar refractivity (Wildman–Crippen MR) is 86.3 cm³/mol. The zero-order valence-corrected chi connectivity index (χ0v) is 11.4. The molecule has 0 atom stereocenters. The van der Waals surface area contributed by atoms with Crippen LogP contribution in [-0.4, -0.2) is 0 Å². The molecule has 94 valence electrons. The van der Waals surface area contributed by atoms with Crippen LogP contribution >= 0.6 is 0 Å². The first-order chi connectivity index (χ1) is 10.4. The highest BCUT2D eigenvalue weighted by Crippen LogP contribution is 2.47. The van der Waals surface area contributed by atoms with Crippen molar-refractivity contribution in [1.82, 2.24) is 0 Å². The van der Waals surface area contributed by atoms with Gasteiger partial charge in [0.25, 0.3) is 0 Å². The molecule has 0 saturated carbocycles. The minimum atomic E-state index is 1.10. The maximum Gasteiger partial charge on any atom is 0.0256 e. The molecule has 4 aromatic carbocycles. The molecule has 0 radical (unpaired) electrons. The largest absolute Gasteiger partial charge is 0.104 e. The molecular weight excluding hydrogens is 252 g/mol. The summed E-state index contributed by atoms with van der Waals surface area (Å²) in [4.78, 5) is 0. The van der Waals surface area contributed by atoms with Crippen LogP contribution in [-0.2, 0) is 12.8 Å². The van der Waals surface area contributed by atoms with Crippen molar-refractivity contribution in [3.63, 3.8) is 0 Å². The molecule has 3 aliphatic carbocycles. The molecule has 4 aromatic rings. The molecule has 0 heterocycles. The van der Waals surface area contributed by atoms with Crippen LogP contribution in [0.2, 0.25) is 0 Å². The first kappa shape index (κ1) is 9.39. The van der Waals surface area contributed by atoms with Crippen molar-refractivity contribution >= 4 is 38.0 Å². The van der Waals surface area contributed by atoms with E-state index in [1.807, 2.05) is 0 Å². The Morgan fingerprint density at radius 3 is 1.33 bits per heavy atom. The highest BCUT2D eigenvalue weighted by Gasteiger charge is 2.27. The van der Waals surface area contributed by atoms with E-state index in [9.17, 15) is 0 Å². The average molecular weight is 262 g/mol. The van der Waals surface area contributed by atoms with Crippen LogP contribution in [0.5, 0.6) is 0 Å². The number of hydrogen-bond donors (Lipinski definition) is 0. The Labute approximate surface area is 120 Å². The molecule has 0 amide bonds. The Morgan fingerprint density at radius 2 is 0.857 bits per heavy atom. The van der Waals surface area contributed by atoms with E-state index in [4.69, 9.17) is 0 Å². The molecule has 0 fully saturated rings. The molecular formula is C21H10. The minimum absolute atomic E-state index is 1.10. The van der Waals surface area contributed by atoms with Gasteiger partial charge < -0.3 is 0 Å². The van der Waals surface area contributed by atoms with E-state index in [1.54, 1.807) is 10.8 Å². The van der Waals surface area contributed by atoms with E-state index in [2.05, 4.69) is 42.1 Å². The lowest BCUT2D eigenvalue weighted by Gasteiger charge is -2.07. The number of benzene rings is 4. The fourth-order valence-corrected chi connectivity index (χ4v) is 5.00. The van der Waals surface area contributed by atoms with Crippen LogP contribution in [0.1, 0.15) is 22.3 Å². The van der Waals surface area contributed by atoms with Gasteiger partial charge in [0, 0.05) is 21.2 Å². The van der Waals surface area contributed by atoms with Gasteiger partial charge in [-0.05, 0) is 68.8 Å². The third kappa shape index (κ3) is 0.792. The van der Waals surface area contributed by atoms with Crippen molar-refractivity contribution in [2.45, 2.75) is 12.8 Å². The van der Waals surface area contributed by atoms with Gasteiger partial charge in [0.2, 0.25) is 0 Å². The van der Waals surface area contributed by atoms with E-state index in [-0.39, 0.29) is 0 Å². The zero-order valence-electron chi connectivity index (χ0n) is 11.4. The van der Waals surface area contributed by atoms with Crippen molar-refractivity contribution in [1.29, 1.82) is 0 Å². The first-order valence-electron chi connectivity index (χ1n) is 7.65. The molecule has 0 unspecified atom stereocenters. The molecule has 3 aliphatic rings. The minimum Gasteiger partial charge on any atom is -0.104 e. The van der Waals surface area contributed by atoms with Gasteiger partial charge in [-0.2, -0.15) is 0 Å². The van der Waals surface area contributed by atoms with Crippen molar-refractivity contribution < 1.29 is 0 Å². The fraction of sp³-hybridized carbons (Fsp3) is 0.0952. The Morgan fingerprint density at radius 1 is 0.476 bits per heavy atom. The summed E-state index contributed by atoms with van der Waals surface area (Å²) in [5.41, 5.74) is 9.70. The van der Waals surface area contributed by atoms with Crippen LogP contribution in [0.25, 0.3) is 38.0 Å². The molecule has 0 bridgehead atoms. The molecule has 7 rings (SSSR count). The summed E-state index contributed by atoms with van der Waals surface area (Å²) in [7, 11) is 0. The van der Waals surface area contributed by atoms with E-state index in [0.717, 1.165) is 12.8 Å². The van der Waals surface area contributed by atoms with Gasteiger partial charge in [0.05, 0.1) is 0 Å².